The molecule has 1 aliphatic heterocycles. The van der Waals surface area contributed by atoms with Crippen LogP contribution in [-0.2, 0) is 17.9 Å². The first-order chi connectivity index (χ1) is 16.0. The summed E-state index contributed by atoms with van der Waals surface area (Å²) in [6.07, 6.45) is 3.77. The molecular formula is C27H21FN2O2S. The fourth-order valence-electron chi connectivity index (χ4n) is 4.08. The number of imide groups is 1. The number of aryl methyl sites for hydroxylation is 1. The van der Waals surface area contributed by atoms with E-state index in [1.807, 2.05) is 61.7 Å². The molecule has 6 heteroatoms. The minimum absolute atomic E-state index is 0.260. The predicted molar refractivity (Wildman–Crippen MR) is 130 cm³/mol. The minimum Gasteiger partial charge on any atom is -0.342 e. The molecule has 0 N–H and O–H groups in total. The van der Waals surface area contributed by atoms with E-state index in [1.165, 1.54) is 17.0 Å². The molecule has 2 amide bonds. The van der Waals surface area contributed by atoms with Crippen LogP contribution in [0.1, 0.15) is 22.3 Å². The Labute approximate surface area is 195 Å². The molecule has 164 valence electrons. The van der Waals surface area contributed by atoms with Gasteiger partial charge in [0.15, 0.2) is 0 Å². The number of para-hydroxylation sites is 1. The van der Waals surface area contributed by atoms with E-state index in [9.17, 15) is 14.0 Å². The van der Waals surface area contributed by atoms with Crippen molar-refractivity contribution in [3.63, 3.8) is 0 Å². The lowest BCUT2D eigenvalue weighted by molar-refractivity contribution is -0.123. The normalized spacial score (nSPS) is 15.2. The van der Waals surface area contributed by atoms with Crippen molar-refractivity contribution in [1.82, 2.24) is 9.47 Å². The number of benzene rings is 3. The van der Waals surface area contributed by atoms with Gasteiger partial charge in [-0.1, -0.05) is 60.2 Å². The Kier molecular flexibility index (Phi) is 5.60. The van der Waals surface area contributed by atoms with Gasteiger partial charge >= 0.3 is 0 Å². The van der Waals surface area contributed by atoms with Crippen molar-refractivity contribution in [2.75, 3.05) is 0 Å². The topological polar surface area (TPSA) is 42.3 Å². The maximum absolute atomic E-state index is 13.3. The van der Waals surface area contributed by atoms with Crippen molar-refractivity contribution < 1.29 is 14.0 Å². The van der Waals surface area contributed by atoms with Gasteiger partial charge in [0, 0.05) is 29.2 Å². The van der Waals surface area contributed by atoms with Crippen molar-refractivity contribution in [2.24, 2.45) is 0 Å². The van der Waals surface area contributed by atoms with Gasteiger partial charge in [0.2, 0.25) is 0 Å². The zero-order valence-corrected chi connectivity index (χ0v) is 18.8. The Morgan fingerprint density at radius 3 is 2.48 bits per heavy atom. The summed E-state index contributed by atoms with van der Waals surface area (Å²) in [5.41, 5.74) is 4.86. The highest BCUT2D eigenvalue weighted by molar-refractivity contribution is 8.18. The largest absolute Gasteiger partial charge is 0.342 e. The van der Waals surface area contributed by atoms with Gasteiger partial charge in [-0.2, -0.15) is 0 Å². The lowest BCUT2D eigenvalue weighted by atomic mass is 10.1. The van der Waals surface area contributed by atoms with Crippen LogP contribution < -0.4 is 0 Å². The lowest BCUT2D eigenvalue weighted by Crippen LogP contribution is -2.27. The van der Waals surface area contributed by atoms with Gasteiger partial charge in [-0.3, -0.25) is 14.5 Å². The smallest absolute Gasteiger partial charge is 0.293 e. The maximum Gasteiger partial charge on any atom is 0.293 e. The number of hydrogen-bond donors (Lipinski definition) is 0. The zero-order chi connectivity index (χ0) is 22.9. The molecule has 0 aliphatic carbocycles. The molecule has 0 unspecified atom stereocenters. The summed E-state index contributed by atoms with van der Waals surface area (Å²) < 4.78 is 15.4. The lowest BCUT2D eigenvalue weighted by Gasteiger charge is -2.12. The quantitative estimate of drug-likeness (QED) is 0.328. The van der Waals surface area contributed by atoms with Crippen LogP contribution in [0.4, 0.5) is 9.18 Å². The Morgan fingerprint density at radius 1 is 0.909 bits per heavy atom. The van der Waals surface area contributed by atoms with Gasteiger partial charge in [0.25, 0.3) is 11.1 Å². The van der Waals surface area contributed by atoms with Gasteiger partial charge < -0.3 is 4.57 Å². The number of aromatic nitrogens is 1. The number of thioether (sulfide) groups is 1. The summed E-state index contributed by atoms with van der Waals surface area (Å²) in [6, 6.07) is 22.2. The second-order valence-corrected chi connectivity index (χ2v) is 9.11. The molecule has 0 saturated carbocycles. The number of hydrogen-bond acceptors (Lipinski definition) is 3. The SMILES string of the molecule is Cc1cccc(CN2C(=O)S/C(=C\c3cn(Cc4ccc(F)cc4)c4ccccc34)C2=O)c1. The van der Waals surface area contributed by atoms with Crippen LogP contribution in [0, 0.1) is 12.7 Å². The average Bonchev–Trinajstić information content (AvgIpc) is 3.28. The van der Waals surface area contributed by atoms with E-state index in [0.29, 0.717) is 11.4 Å². The Bertz CT molecular complexity index is 1410. The van der Waals surface area contributed by atoms with E-state index >= 15 is 0 Å². The second-order valence-electron chi connectivity index (χ2n) is 8.11. The van der Waals surface area contributed by atoms with Crippen molar-refractivity contribution in [1.29, 1.82) is 0 Å². The number of halogens is 1. The summed E-state index contributed by atoms with van der Waals surface area (Å²) in [4.78, 5) is 27.4. The molecule has 0 atom stereocenters. The number of amides is 2. The summed E-state index contributed by atoms with van der Waals surface area (Å²) in [6.45, 7) is 2.82. The van der Waals surface area contributed by atoms with Crippen LogP contribution in [0.5, 0.6) is 0 Å². The number of carbonyl (C=O) groups is 2. The van der Waals surface area contributed by atoms with Gasteiger partial charge in [-0.25, -0.2) is 4.39 Å². The minimum atomic E-state index is -0.276. The van der Waals surface area contributed by atoms with E-state index in [0.717, 1.165) is 44.9 Å². The van der Waals surface area contributed by atoms with Crippen molar-refractivity contribution in [2.45, 2.75) is 20.0 Å². The van der Waals surface area contributed by atoms with Crippen LogP contribution in [-0.4, -0.2) is 20.6 Å². The molecule has 4 nitrogen and oxygen atoms in total. The van der Waals surface area contributed by atoms with Crippen molar-refractivity contribution >= 4 is 39.9 Å². The van der Waals surface area contributed by atoms with Gasteiger partial charge in [0.05, 0.1) is 11.4 Å². The Hall–Kier alpha value is -3.64. The van der Waals surface area contributed by atoms with Gasteiger partial charge in [-0.05, 0) is 54.1 Å². The number of carbonyl (C=O) groups excluding carboxylic acids is 2. The highest BCUT2D eigenvalue weighted by atomic mass is 32.2. The molecule has 4 aromatic rings. The number of rotatable bonds is 5. The van der Waals surface area contributed by atoms with Gasteiger partial charge in [0.1, 0.15) is 5.82 Å². The molecule has 0 radical (unpaired) electrons. The van der Waals surface area contributed by atoms with Crippen LogP contribution >= 0.6 is 11.8 Å². The Morgan fingerprint density at radius 2 is 1.70 bits per heavy atom. The zero-order valence-electron chi connectivity index (χ0n) is 18.0. The highest BCUT2D eigenvalue weighted by Crippen LogP contribution is 2.35. The second kappa shape index (κ2) is 8.71. The van der Waals surface area contributed by atoms with Crippen LogP contribution in [0.2, 0.25) is 0 Å². The molecule has 0 spiro atoms. The standard InChI is InChI=1S/C27H21FN2O2S/c1-18-5-4-6-20(13-18)16-30-26(31)25(33-27(30)32)14-21-17-29(24-8-3-2-7-23(21)24)15-19-9-11-22(28)12-10-19/h2-14,17H,15-16H2,1H3/b25-14-. The summed E-state index contributed by atoms with van der Waals surface area (Å²) in [5.74, 6) is -0.542. The molecule has 5 rings (SSSR count). The van der Waals surface area contributed by atoms with E-state index in [4.69, 9.17) is 0 Å². The molecule has 3 aromatic carbocycles. The molecule has 33 heavy (non-hydrogen) atoms. The third kappa shape index (κ3) is 4.34. The molecular weight excluding hydrogens is 435 g/mol. The summed E-state index contributed by atoms with van der Waals surface area (Å²) >= 11 is 0.971. The first-order valence-electron chi connectivity index (χ1n) is 10.6. The third-order valence-electron chi connectivity index (χ3n) is 5.67. The van der Waals surface area contributed by atoms with E-state index in [2.05, 4.69) is 4.57 Å². The van der Waals surface area contributed by atoms with Crippen LogP contribution in [0.25, 0.3) is 17.0 Å². The maximum atomic E-state index is 13.3. The monoisotopic (exact) mass is 456 g/mol. The summed E-state index contributed by atoms with van der Waals surface area (Å²) in [5, 5.41) is 0.730. The fourth-order valence-corrected chi connectivity index (χ4v) is 4.91. The van der Waals surface area contributed by atoms with E-state index < -0.39 is 0 Å². The molecule has 1 saturated heterocycles. The molecule has 1 aliphatic rings. The van der Waals surface area contributed by atoms with E-state index in [1.54, 1.807) is 18.2 Å². The van der Waals surface area contributed by atoms with Gasteiger partial charge in [-0.15, -0.1) is 0 Å². The highest BCUT2D eigenvalue weighted by Gasteiger charge is 2.35. The Balaban J connectivity index is 1.45. The molecule has 1 fully saturated rings. The number of nitrogens with zero attached hydrogens (tertiary/aromatic N) is 2. The molecule has 0 bridgehead atoms. The summed E-state index contributed by atoms with van der Waals surface area (Å²) in [7, 11) is 0. The molecule has 2 heterocycles. The number of fused-ring (bicyclic) bond motifs is 1. The van der Waals surface area contributed by atoms with Crippen molar-refractivity contribution in [3.05, 3.63) is 112 Å². The molecule has 1 aromatic heterocycles. The fraction of sp³-hybridized carbons (Fsp3) is 0.111. The van der Waals surface area contributed by atoms with Crippen LogP contribution in [0.15, 0.2) is 83.9 Å². The van der Waals surface area contributed by atoms with Crippen molar-refractivity contribution in [3.8, 4) is 0 Å². The third-order valence-corrected chi connectivity index (χ3v) is 6.58. The average molecular weight is 457 g/mol. The van der Waals surface area contributed by atoms with Crippen LogP contribution in [0.3, 0.4) is 0 Å². The first-order valence-corrected chi connectivity index (χ1v) is 11.4. The van der Waals surface area contributed by atoms with E-state index in [-0.39, 0.29) is 23.5 Å². The first kappa shape index (κ1) is 21.2. The predicted octanol–water partition coefficient (Wildman–Crippen LogP) is 6.37.